The predicted molar refractivity (Wildman–Crippen MR) is 105 cm³/mol. The summed E-state index contributed by atoms with van der Waals surface area (Å²) in [6.07, 6.45) is 3.37. The number of hydrogen-bond donors (Lipinski definition) is 2. The van der Waals surface area contributed by atoms with Gasteiger partial charge in [-0.05, 0) is 32.9 Å². The Kier molecular flexibility index (Phi) is 8.00. The highest BCUT2D eigenvalue weighted by Gasteiger charge is 2.20. The summed E-state index contributed by atoms with van der Waals surface area (Å²) in [6, 6.07) is 3.57. The fraction of sp³-hybridized carbons (Fsp3) is 0.444. The van der Waals surface area contributed by atoms with E-state index < -0.39 is 0 Å². The number of carbonyl (C=O) groups excluding carboxylic acids is 1. The number of aryl methyl sites for hydroxylation is 1. The number of carbonyl (C=O) groups is 1. The van der Waals surface area contributed by atoms with Crippen molar-refractivity contribution in [1.82, 2.24) is 20.6 Å². The van der Waals surface area contributed by atoms with Crippen LogP contribution in [0, 0.1) is 6.92 Å². The van der Waals surface area contributed by atoms with E-state index in [4.69, 9.17) is 9.47 Å². The molecule has 1 atom stereocenters. The van der Waals surface area contributed by atoms with Crippen LogP contribution in [0.1, 0.15) is 40.3 Å². The molecule has 2 heterocycles. The maximum absolute atomic E-state index is 11.9. The molecule has 9 heteroatoms. The van der Waals surface area contributed by atoms with Gasteiger partial charge < -0.3 is 20.1 Å². The standard InChI is InChI=1S/C18H25N5O3S/c1-5-25-17(24)15-12(2)22-16(27-15)13(3)23-18(19-4)21-9-10-26-14-7-6-8-20-11-14/h6-8,11,13H,5,9-10H2,1-4H3,(H2,19,21,23). The van der Waals surface area contributed by atoms with Crippen LogP contribution in [0.15, 0.2) is 29.5 Å². The molecule has 146 valence electrons. The van der Waals surface area contributed by atoms with Gasteiger partial charge in [-0.1, -0.05) is 0 Å². The molecular weight excluding hydrogens is 366 g/mol. The van der Waals surface area contributed by atoms with Gasteiger partial charge in [0.25, 0.3) is 0 Å². The molecule has 0 aromatic carbocycles. The van der Waals surface area contributed by atoms with Crippen molar-refractivity contribution in [2.24, 2.45) is 4.99 Å². The minimum absolute atomic E-state index is 0.109. The van der Waals surface area contributed by atoms with E-state index in [1.165, 1.54) is 11.3 Å². The number of thiazole rings is 1. The number of aromatic nitrogens is 2. The van der Waals surface area contributed by atoms with E-state index in [-0.39, 0.29) is 12.0 Å². The summed E-state index contributed by atoms with van der Waals surface area (Å²) in [5, 5.41) is 7.24. The zero-order valence-electron chi connectivity index (χ0n) is 16.0. The average molecular weight is 391 g/mol. The monoisotopic (exact) mass is 391 g/mol. The number of esters is 1. The number of nitrogens with zero attached hydrogens (tertiary/aromatic N) is 3. The molecule has 2 aromatic rings. The van der Waals surface area contributed by atoms with Crippen LogP contribution >= 0.6 is 11.3 Å². The lowest BCUT2D eigenvalue weighted by Crippen LogP contribution is -2.40. The van der Waals surface area contributed by atoms with Crippen LogP contribution in [-0.2, 0) is 4.74 Å². The largest absolute Gasteiger partial charge is 0.490 e. The van der Waals surface area contributed by atoms with Gasteiger partial charge in [-0.2, -0.15) is 0 Å². The van der Waals surface area contributed by atoms with Gasteiger partial charge in [-0.3, -0.25) is 9.98 Å². The zero-order valence-corrected chi connectivity index (χ0v) is 16.8. The first-order valence-corrected chi connectivity index (χ1v) is 9.51. The van der Waals surface area contributed by atoms with Gasteiger partial charge in [-0.15, -0.1) is 11.3 Å². The van der Waals surface area contributed by atoms with Crippen molar-refractivity contribution in [1.29, 1.82) is 0 Å². The molecule has 2 N–H and O–H groups in total. The van der Waals surface area contributed by atoms with Crippen LogP contribution in [-0.4, -0.2) is 48.7 Å². The Hall–Kier alpha value is -2.68. The first kappa shape index (κ1) is 20.6. The van der Waals surface area contributed by atoms with Crippen LogP contribution in [0.5, 0.6) is 5.75 Å². The number of pyridine rings is 1. The van der Waals surface area contributed by atoms with Crippen LogP contribution in [0.3, 0.4) is 0 Å². The Morgan fingerprint density at radius 3 is 2.93 bits per heavy atom. The fourth-order valence-electron chi connectivity index (χ4n) is 2.22. The quantitative estimate of drug-likeness (QED) is 0.308. The fourth-order valence-corrected chi connectivity index (χ4v) is 3.18. The number of guanidine groups is 1. The molecule has 0 amide bonds. The summed E-state index contributed by atoms with van der Waals surface area (Å²) >= 11 is 1.33. The molecule has 0 saturated carbocycles. The zero-order chi connectivity index (χ0) is 19.6. The second kappa shape index (κ2) is 10.5. The summed E-state index contributed by atoms with van der Waals surface area (Å²) < 4.78 is 10.7. The number of ether oxygens (including phenoxy) is 2. The van der Waals surface area contributed by atoms with E-state index in [2.05, 4.69) is 25.6 Å². The third-order valence-corrected chi connectivity index (χ3v) is 4.84. The van der Waals surface area contributed by atoms with Gasteiger partial charge in [0.05, 0.1) is 31.1 Å². The first-order valence-electron chi connectivity index (χ1n) is 8.69. The van der Waals surface area contributed by atoms with Crippen molar-refractivity contribution in [3.8, 4) is 5.75 Å². The van der Waals surface area contributed by atoms with E-state index in [0.29, 0.717) is 36.3 Å². The molecule has 2 aromatic heterocycles. The van der Waals surface area contributed by atoms with Crippen LogP contribution in [0.4, 0.5) is 0 Å². The van der Waals surface area contributed by atoms with Crippen LogP contribution < -0.4 is 15.4 Å². The second-order valence-corrected chi connectivity index (χ2v) is 6.62. The Labute approximate surface area is 163 Å². The molecule has 2 rings (SSSR count). The van der Waals surface area contributed by atoms with Gasteiger partial charge in [0.15, 0.2) is 5.96 Å². The first-order chi connectivity index (χ1) is 13.0. The smallest absolute Gasteiger partial charge is 0.350 e. The number of aliphatic imine (C=N–C) groups is 1. The average Bonchev–Trinajstić information content (AvgIpc) is 3.07. The SMILES string of the molecule is CCOC(=O)c1sc(C(C)NC(=NC)NCCOc2cccnc2)nc1C. The molecule has 0 bridgehead atoms. The summed E-state index contributed by atoms with van der Waals surface area (Å²) in [7, 11) is 1.70. The molecular formula is C18H25N5O3S. The molecule has 27 heavy (non-hydrogen) atoms. The highest BCUT2D eigenvalue weighted by atomic mass is 32.1. The molecule has 0 radical (unpaired) electrons. The topological polar surface area (TPSA) is 97.7 Å². The lowest BCUT2D eigenvalue weighted by atomic mass is 10.3. The van der Waals surface area contributed by atoms with E-state index in [0.717, 1.165) is 10.8 Å². The number of hydrogen-bond acceptors (Lipinski definition) is 7. The van der Waals surface area contributed by atoms with E-state index in [9.17, 15) is 4.79 Å². The molecule has 0 aliphatic carbocycles. The highest BCUT2D eigenvalue weighted by Crippen LogP contribution is 2.24. The van der Waals surface area contributed by atoms with Gasteiger partial charge in [0, 0.05) is 13.2 Å². The molecule has 0 fully saturated rings. The van der Waals surface area contributed by atoms with Crippen molar-refractivity contribution < 1.29 is 14.3 Å². The maximum atomic E-state index is 11.9. The van der Waals surface area contributed by atoms with E-state index in [1.54, 1.807) is 26.4 Å². The maximum Gasteiger partial charge on any atom is 0.350 e. The minimum Gasteiger partial charge on any atom is -0.490 e. The Morgan fingerprint density at radius 1 is 1.44 bits per heavy atom. The number of nitrogens with one attached hydrogen (secondary N) is 2. The summed E-state index contributed by atoms with van der Waals surface area (Å²) in [4.78, 5) is 25.2. The molecule has 8 nitrogen and oxygen atoms in total. The van der Waals surface area contributed by atoms with E-state index in [1.807, 2.05) is 26.0 Å². The summed E-state index contributed by atoms with van der Waals surface area (Å²) in [6.45, 7) is 6.95. The van der Waals surface area contributed by atoms with Gasteiger partial charge in [0.2, 0.25) is 0 Å². The lowest BCUT2D eigenvalue weighted by molar-refractivity contribution is 0.0531. The van der Waals surface area contributed by atoms with Gasteiger partial charge >= 0.3 is 5.97 Å². The molecule has 1 unspecified atom stereocenters. The molecule has 0 saturated heterocycles. The Morgan fingerprint density at radius 2 is 2.26 bits per heavy atom. The second-order valence-electron chi connectivity index (χ2n) is 5.59. The molecule has 0 aliphatic heterocycles. The molecule has 0 spiro atoms. The van der Waals surface area contributed by atoms with Crippen molar-refractivity contribution in [3.05, 3.63) is 40.1 Å². The Balaban J connectivity index is 1.85. The minimum atomic E-state index is -0.332. The lowest BCUT2D eigenvalue weighted by Gasteiger charge is -2.16. The highest BCUT2D eigenvalue weighted by molar-refractivity contribution is 7.13. The van der Waals surface area contributed by atoms with Crippen LogP contribution in [0.2, 0.25) is 0 Å². The van der Waals surface area contributed by atoms with Crippen molar-refractivity contribution in [2.75, 3.05) is 26.8 Å². The molecule has 0 aliphatic rings. The van der Waals surface area contributed by atoms with E-state index >= 15 is 0 Å². The van der Waals surface area contributed by atoms with Crippen molar-refractivity contribution in [3.63, 3.8) is 0 Å². The Bertz CT molecular complexity index is 764. The van der Waals surface area contributed by atoms with Crippen LogP contribution in [0.25, 0.3) is 0 Å². The summed E-state index contributed by atoms with van der Waals surface area (Å²) in [5.41, 5.74) is 0.676. The van der Waals surface area contributed by atoms with Gasteiger partial charge in [-0.25, -0.2) is 9.78 Å². The van der Waals surface area contributed by atoms with Gasteiger partial charge in [0.1, 0.15) is 22.2 Å². The normalized spacial score (nSPS) is 12.4. The third-order valence-electron chi connectivity index (χ3n) is 3.52. The van der Waals surface area contributed by atoms with Crippen molar-refractivity contribution >= 4 is 23.3 Å². The summed E-state index contributed by atoms with van der Waals surface area (Å²) in [5.74, 6) is 1.02. The third kappa shape index (κ3) is 6.21. The predicted octanol–water partition coefficient (Wildman–Crippen LogP) is 2.33. The number of rotatable bonds is 8. The van der Waals surface area contributed by atoms with Crippen molar-refractivity contribution in [2.45, 2.75) is 26.8 Å².